The van der Waals surface area contributed by atoms with Crippen LogP contribution in [0.25, 0.3) is 16.2 Å². The number of benzene rings is 1. The quantitative estimate of drug-likeness (QED) is 0.255. The van der Waals surface area contributed by atoms with Gasteiger partial charge in [-0.15, -0.1) is 5.10 Å². The summed E-state index contributed by atoms with van der Waals surface area (Å²) in [6.45, 7) is 9.68. The fourth-order valence-electron chi connectivity index (χ4n) is 9.42. The number of ether oxygens (including phenoxy) is 1. The van der Waals surface area contributed by atoms with E-state index in [1.807, 2.05) is 6.08 Å². The van der Waals surface area contributed by atoms with Crippen molar-refractivity contribution < 1.29 is 37.4 Å². The van der Waals surface area contributed by atoms with E-state index in [4.69, 9.17) is 27.9 Å². The summed E-state index contributed by atoms with van der Waals surface area (Å²) >= 11 is 6.17. The van der Waals surface area contributed by atoms with Crippen LogP contribution in [0.1, 0.15) is 84.7 Å². The molecule has 4 fully saturated rings. The molecule has 300 valence electrons. The summed E-state index contributed by atoms with van der Waals surface area (Å²) in [5.41, 5.74) is -2.39. The van der Waals surface area contributed by atoms with Crippen molar-refractivity contribution in [2.45, 2.75) is 75.4 Å². The van der Waals surface area contributed by atoms with Gasteiger partial charge in [-0.05, 0) is 62.1 Å². The van der Waals surface area contributed by atoms with Crippen LogP contribution < -0.4 is 10.9 Å². The van der Waals surface area contributed by atoms with Gasteiger partial charge in [-0.1, -0.05) is 17.7 Å². The lowest BCUT2D eigenvalue weighted by atomic mass is 9.39. The molecule has 6 aliphatic rings. The summed E-state index contributed by atoms with van der Waals surface area (Å²) in [5, 5.41) is 17.1. The minimum Gasteiger partial charge on any atom is -0.505 e. The number of hydrogen-bond donors (Lipinski definition) is 2. The molecule has 19 heteroatoms. The topological polar surface area (TPSA) is 169 Å². The Kier molecular flexibility index (Phi) is 8.54. The first-order valence-electron chi connectivity index (χ1n) is 18.8. The number of pyridine rings is 1. The van der Waals surface area contributed by atoms with Gasteiger partial charge in [-0.2, -0.15) is 22.7 Å². The molecule has 3 aromatic heterocycles. The van der Waals surface area contributed by atoms with E-state index < -0.39 is 52.8 Å². The van der Waals surface area contributed by atoms with Crippen molar-refractivity contribution in [3.63, 3.8) is 0 Å². The van der Waals surface area contributed by atoms with E-state index in [1.165, 1.54) is 27.8 Å². The van der Waals surface area contributed by atoms with Crippen LogP contribution in [-0.2, 0) is 32.6 Å². The third-order valence-corrected chi connectivity index (χ3v) is 12.5. The Balaban J connectivity index is 1.05. The summed E-state index contributed by atoms with van der Waals surface area (Å²) in [6.07, 6.45) is 0.390. The number of carbonyl (C=O) groups excluding carboxylic acids is 3. The molecule has 58 heavy (non-hydrogen) atoms. The Morgan fingerprint density at radius 1 is 1.12 bits per heavy atom. The van der Waals surface area contributed by atoms with Crippen molar-refractivity contribution in [1.29, 1.82) is 0 Å². The van der Waals surface area contributed by atoms with Gasteiger partial charge in [0.15, 0.2) is 11.5 Å². The van der Waals surface area contributed by atoms with Crippen LogP contribution in [0.2, 0.25) is 5.02 Å². The van der Waals surface area contributed by atoms with Crippen molar-refractivity contribution in [1.82, 2.24) is 33.9 Å². The molecule has 0 unspecified atom stereocenters. The molecule has 1 spiro atoms. The number of nitrogens with one attached hydrogen (secondary N) is 1. The molecule has 3 aliphatic heterocycles. The van der Waals surface area contributed by atoms with Gasteiger partial charge in [-0.3, -0.25) is 19.2 Å². The average molecular weight is 818 g/mol. The molecule has 15 nitrogen and oxygen atoms in total. The number of nitrogens with zero attached hydrogens (tertiary/aromatic N) is 8. The summed E-state index contributed by atoms with van der Waals surface area (Å²) < 4.78 is 49.1. The molecular formula is C39H35ClF3N9O6. The second-order valence-electron chi connectivity index (χ2n) is 15.8. The number of halogens is 4. The highest BCUT2D eigenvalue weighted by atomic mass is 35.5. The SMILES string of the molecule is [C-]#[N+]C12CC(C(=O)N3CC=C(c4nc5n(CC(=O)Nc6ccc(C(F)(F)F)cc6Cl)c6c(c(=O)n5n4)C4(CCN(C(=O)c5ncccc5O)CC4)O[C@@H]6C)CC3)(C1)C2. The third-order valence-electron chi connectivity index (χ3n) is 12.2. The molecule has 6 heterocycles. The third kappa shape index (κ3) is 5.84. The van der Waals surface area contributed by atoms with E-state index in [2.05, 4.69) is 20.2 Å². The standard InChI is InChI=1S/C39H35ClF3N9O6/c1-21-30-28(38(58-21)9-14-49(15-10-38)33(56)29-26(53)4-3-11-45-29)32(55)52-35(51(30)17-27(54)46-25-6-5-23(16-24(25)40)39(41,42)43)47-31(48-52)22-7-12-50(13-8-22)34(57)36-18-37(19-36,20-36)44-2/h3-7,11,16,21,53H,8-10,12-15,17-20H2,1H3,(H,46,54)/t21-,36?,37?/m1/s1. The summed E-state index contributed by atoms with van der Waals surface area (Å²) in [6, 6.07) is 5.46. The maximum Gasteiger partial charge on any atom is 0.416 e. The van der Waals surface area contributed by atoms with Crippen molar-refractivity contribution in [3.05, 3.63) is 97.7 Å². The van der Waals surface area contributed by atoms with Gasteiger partial charge in [0.25, 0.3) is 11.5 Å². The van der Waals surface area contributed by atoms with Crippen LogP contribution in [-0.4, -0.2) is 88.5 Å². The zero-order chi connectivity index (χ0) is 40.9. The summed E-state index contributed by atoms with van der Waals surface area (Å²) in [4.78, 5) is 70.8. The van der Waals surface area contributed by atoms with Gasteiger partial charge < -0.3 is 34.4 Å². The number of amides is 3. The number of aromatic nitrogens is 5. The fraction of sp³-hybridized carbons (Fsp3) is 0.436. The first-order chi connectivity index (χ1) is 27.6. The molecule has 4 aromatic rings. The fourth-order valence-corrected chi connectivity index (χ4v) is 9.65. The predicted molar refractivity (Wildman–Crippen MR) is 199 cm³/mol. The Morgan fingerprint density at radius 3 is 2.50 bits per heavy atom. The zero-order valence-electron chi connectivity index (χ0n) is 31.0. The smallest absolute Gasteiger partial charge is 0.416 e. The molecule has 3 aliphatic carbocycles. The number of anilines is 1. The monoisotopic (exact) mass is 817 g/mol. The van der Waals surface area contributed by atoms with E-state index in [0.717, 1.165) is 16.6 Å². The second-order valence-corrected chi connectivity index (χ2v) is 16.2. The van der Waals surface area contributed by atoms with Gasteiger partial charge in [0.2, 0.25) is 23.1 Å². The molecule has 1 aromatic carbocycles. The van der Waals surface area contributed by atoms with Gasteiger partial charge in [0, 0.05) is 51.6 Å². The number of fused-ring (bicyclic) bond motifs is 3. The van der Waals surface area contributed by atoms with Crippen LogP contribution in [0.5, 0.6) is 5.75 Å². The van der Waals surface area contributed by atoms with Gasteiger partial charge in [0.1, 0.15) is 17.9 Å². The first-order valence-corrected chi connectivity index (χ1v) is 19.1. The summed E-state index contributed by atoms with van der Waals surface area (Å²) in [7, 11) is 0. The lowest BCUT2D eigenvalue weighted by Crippen LogP contribution is -2.71. The number of rotatable bonds is 6. The molecule has 2 N–H and O–H groups in total. The predicted octanol–water partition coefficient (Wildman–Crippen LogP) is 4.98. The molecular weight excluding hydrogens is 783 g/mol. The molecule has 3 saturated carbocycles. The van der Waals surface area contributed by atoms with Crippen LogP contribution >= 0.6 is 11.6 Å². The number of hydrogen-bond acceptors (Lipinski definition) is 9. The zero-order valence-corrected chi connectivity index (χ0v) is 31.7. The van der Waals surface area contributed by atoms with Gasteiger partial charge in [0.05, 0.1) is 39.0 Å². The summed E-state index contributed by atoms with van der Waals surface area (Å²) in [5.74, 6) is -1.13. The molecule has 10 rings (SSSR count). The Labute approximate surface area is 332 Å². The Bertz CT molecular complexity index is 2570. The van der Waals surface area contributed by atoms with E-state index in [0.29, 0.717) is 56.1 Å². The number of likely N-dealkylation sites (tertiary alicyclic amines) is 1. The van der Waals surface area contributed by atoms with Crippen molar-refractivity contribution in [3.8, 4) is 5.75 Å². The maximum atomic E-state index is 14.6. The van der Waals surface area contributed by atoms with Crippen LogP contribution in [0.15, 0.2) is 47.4 Å². The Morgan fingerprint density at radius 2 is 1.86 bits per heavy atom. The number of carbonyl (C=O) groups is 3. The lowest BCUT2D eigenvalue weighted by molar-refractivity contribution is -0.176. The number of alkyl halides is 3. The molecule has 0 radical (unpaired) electrons. The van der Waals surface area contributed by atoms with Crippen LogP contribution in [0.3, 0.4) is 0 Å². The van der Waals surface area contributed by atoms with Gasteiger partial charge >= 0.3 is 6.18 Å². The molecule has 2 bridgehead atoms. The normalized spacial score (nSPS) is 24.4. The molecule has 1 saturated heterocycles. The van der Waals surface area contributed by atoms with E-state index in [-0.39, 0.29) is 76.7 Å². The van der Waals surface area contributed by atoms with Crippen LogP contribution in [0.4, 0.5) is 18.9 Å². The van der Waals surface area contributed by atoms with E-state index in [1.54, 1.807) is 11.8 Å². The van der Waals surface area contributed by atoms with Gasteiger partial charge in [-0.25, -0.2) is 11.6 Å². The highest BCUT2D eigenvalue weighted by Gasteiger charge is 2.78. The molecule has 3 amide bonds. The average Bonchev–Trinajstić information content (AvgIpc) is 3.73. The van der Waals surface area contributed by atoms with Crippen molar-refractivity contribution >= 4 is 46.4 Å². The van der Waals surface area contributed by atoms with E-state index >= 15 is 0 Å². The molecule has 1 atom stereocenters. The van der Waals surface area contributed by atoms with Crippen molar-refractivity contribution in [2.24, 2.45) is 5.41 Å². The first kappa shape index (κ1) is 37.8. The highest BCUT2D eigenvalue weighted by Crippen LogP contribution is 2.70. The maximum absolute atomic E-state index is 14.6. The minimum atomic E-state index is -4.64. The minimum absolute atomic E-state index is 0.0240. The highest BCUT2D eigenvalue weighted by molar-refractivity contribution is 6.33. The lowest BCUT2D eigenvalue weighted by Gasteiger charge is -2.61. The number of aromatic hydroxyl groups is 1. The second kappa shape index (κ2) is 13.1. The Hall–Kier alpha value is -5.80. The number of piperidine rings is 1. The van der Waals surface area contributed by atoms with E-state index in [9.17, 15) is 37.5 Å². The largest absolute Gasteiger partial charge is 0.505 e. The van der Waals surface area contributed by atoms with Crippen molar-refractivity contribution in [2.75, 3.05) is 31.5 Å². The van der Waals surface area contributed by atoms with Crippen LogP contribution in [0, 0.1) is 12.0 Å².